The number of hydrogen-bond acceptors (Lipinski definition) is 2. The van der Waals surface area contributed by atoms with Gasteiger partial charge in [-0.25, -0.2) is 4.39 Å². The molecule has 0 amide bonds. The van der Waals surface area contributed by atoms with Crippen LogP contribution in [-0.2, 0) is 6.42 Å². The number of nitrogens with zero attached hydrogens (tertiary/aromatic N) is 1. The maximum Gasteiger partial charge on any atom is 0.141 e. The summed E-state index contributed by atoms with van der Waals surface area (Å²) in [6, 6.07) is 8.11. The van der Waals surface area contributed by atoms with Crippen molar-refractivity contribution < 1.29 is 4.39 Å². The second-order valence-electron chi connectivity index (χ2n) is 4.98. The van der Waals surface area contributed by atoms with Gasteiger partial charge in [0.1, 0.15) is 5.82 Å². The molecule has 0 spiro atoms. The topological polar surface area (TPSA) is 24.9 Å². The van der Waals surface area contributed by atoms with Crippen LogP contribution >= 0.6 is 0 Å². The summed E-state index contributed by atoms with van der Waals surface area (Å²) in [4.78, 5) is 3.91. The Morgan fingerprint density at radius 2 is 1.79 bits per heavy atom. The van der Waals surface area contributed by atoms with Gasteiger partial charge in [-0.1, -0.05) is 29.3 Å². The number of pyridine rings is 1. The number of likely N-dealkylation sites (N-methyl/N-ethyl adjacent to an activating group) is 1. The Morgan fingerprint density at radius 1 is 1.11 bits per heavy atom. The number of rotatable bonds is 4. The fraction of sp³-hybridized carbons (Fsp3) is 0.312. The van der Waals surface area contributed by atoms with Crippen molar-refractivity contribution in [1.29, 1.82) is 0 Å². The molecule has 0 bridgehead atoms. The first-order valence-electron chi connectivity index (χ1n) is 6.43. The minimum absolute atomic E-state index is 0.0735. The lowest BCUT2D eigenvalue weighted by Gasteiger charge is -2.17. The van der Waals surface area contributed by atoms with Gasteiger partial charge >= 0.3 is 0 Å². The molecule has 2 rings (SSSR count). The molecule has 1 aromatic carbocycles. The van der Waals surface area contributed by atoms with E-state index in [2.05, 4.69) is 42.3 Å². The zero-order chi connectivity index (χ0) is 13.8. The van der Waals surface area contributed by atoms with Crippen molar-refractivity contribution in [1.82, 2.24) is 10.3 Å². The number of aromatic nitrogens is 1. The molecule has 2 nitrogen and oxygen atoms in total. The van der Waals surface area contributed by atoms with Gasteiger partial charge in [0.2, 0.25) is 0 Å². The highest BCUT2D eigenvalue weighted by atomic mass is 19.1. The molecule has 1 aromatic heterocycles. The average molecular weight is 258 g/mol. The van der Waals surface area contributed by atoms with Crippen LogP contribution in [0.25, 0.3) is 0 Å². The van der Waals surface area contributed by atoms with Crippen LogP contribution in [0.5, 0.6) is 0 Å². The Labute approximate surface area is 113 Å². The maximum atomic E-state index is 13.2. The Hall–Kier alpha value is -1.74. The molecular weight excluding hydrogens is 239 g/mol. The number of aryl methyl sites for hydroxylation is 2. The Bertz CT molecular complexity index is 546. The second kappa shape index (κ2) is 5.93. The third-order valence-corrected chi connectivity index (χ3v) is 3.20. The van der Waals surface area contributed by atoms with Gasteiger partial charge in [0, 0.05) is 12.2 Å². The van der Waals surface area contributed by atoms with Gasteiger partial charge in [-0.3, -0.25) is 4.98 Å². The molecule has 0 aliphatic carbocycles. The van der Waals surface area contributed by atoms with Crippen molar-refractivity contribution in [2.75, 3.05) is 7.05 Å². The van der Waals surface area contributed by atoms with Crippen molar-refractivity contribution >= 4 is 0 Å². The fourth-order valence-electron chi connectivity index (χ4n) is 2.43. The summed E-state index contributed by atoms with van der Waals surface area (Å²) >= 11 is 0. The lowest BCUT2D eigenvalue weighted by Crippen LogP contribution is -2.19. The van der Waals surface area contributed by atoms with Crippen LogP contribution in [0.3, 0.4) is 0 Å². The van der Waals surface area contributed by atoms with Gasteiger partial charge in [-0.2, -0.15) is 0 Å². The summed E-state index contributed by atoms with van der Waals surface area (Å²) in [7, 11) is 1.89. The van der Waals surface area contributed by atoms with Crippen molar-refractivity contribution in [3.63, 3.8) is 0 Å². The number of nitrogens with one attached hydrogen (secondary N) is 1. The van der Waals surface area contributed by atoms with Gasteiger partial charge in [0.25, 0.3) is 0 Å². The SMILES string of the molecule is CNC(Cc1cc(C)cc(C)c1)c1cncc(F)c1. The van der Waals surface area contributed by atoms with E-state index in [9.17, 15) is 4.39 Å². The first kappa shape index (κ1) is 13.7. The molecule has 1 heterocycles. The number of benzene rings is 1. The van der Waals surface area contributed by atoms with Crippen LogP contribution in [-0.4, -0.2) is 12.0 Å². The molecule has 0 saturated carbocycles. The second-order valence-corrected chi connectivity index (χ2v) is 4.98. The average Bonchev–Trinajstić information content (AvgIpc) is 2.34. The molecule has 0 aliphatic heterocycles. The first-order valence-corrected chi connectivity index (χ1v) is 6.43. The first-order chi connectivity index (χ1) is 9.08. The third-order valence-electron chi connectivity index (χ3n) is 3.20. The predicted octanol–water partition coefficient (Wildman–Crippen LogP) is 3.34. The molecule has 0 radical (unpaired) electrons. The monoisotopic (exact) mass is 258 g/mol. The summed E-state index contributed by atoms with van der Waals surface area (Å²) in [6.45, 7) is 4.18. The Morgan fingerprint density at radius 3 is 2.37 bits per heavy atom. The summed E-state index contributed by atoms with van der Waals surface area (Å²) in [5.74, 6) is -0.293. The standard InChI is InChI=1S/C16H19FN2/c1-11-4-12(2)6-13(5-11)7-16(18-3)14-8-15(17)10-19-9-14/h4-6,8-10,16,18H,7H2,1-3H3. The summed E-state index contributed by atoms with van der Waals surface area (Å²) in [6.07, 6.45) is 3.77. The summed E-state index contributed by atoms with van der Waals surface area (Å²) in [5, 5.41) is 3.23. The molecule has 0 fully saturated rings. The lowest BCUT2D eigenvalue weighted by molar-refractivity contribution is 0.571. The normalized spacial score (nSPS) is 12.4. The van der Waals surface area contributed by atoms with E-state index >= 15 is 0 Å². The highest BCUT2D eigenvalue weighted by Crippen LogP contribution is 2.19. The zero-order valence-corrected chi connectivity index (χ0v) is 11.6. The predicted molar refractivity (Wildman–Crippen MR) is 75.6 cm³/mol. The van der Waals surface area contributed by atoms with Crippen LogP contribution in [0, 0.1) is 19.7 Å². The van der Waals surface area contributed by atoms with Crippen LogP contribution < -0.4 is 5.32 Å². The van der Waals surface area contributed by atoms with Gasteiger partial charge < -0.3 is 5.32 Å². The molecule has 1 N–H and O–H groups in total. The van der Waals surface area contributed by atoms with Gasteiger partial charge in [0.15, 0.2) is 0 Å². The molecule has 1 atom stereocenters. The molecule has 1 unspecified atom stereocenters. The van der Waals surface area contributed by atoms with E-state index < -0.39 is 0 Å². The minimum atomic E-state index is -0.293. The number of hydrogen-bond donors (Lipinski definition) is 1. The van der Waals surface area contributed by atoms with Gasteiger partial charge in [-0.05, 0) is 44.5 Å². The molecule has 0 saturated heterocycles. The molecular formula is C16H19FN2. The highest BCUT2D eigenvalue weighted by molar-refractivity contribution is 5.30. The maximum absolute atomic E-state index is 13.2. The molecule has 100 valence electrons. The van der Waals surface area contributed by atoms with Crippen molar-refractivity contribution in [3.8, 4) is 0 Å². The van der Waals surface area contributed by atoms with E-state index in [0.717, 1.165) is 12.0 Å². The fourth-order valence-corrected chi connectivity index (χ4v) is 2.43. The Balaban J connectivity index is 2.23. The molecule has 19 heavy (non-hydrogen) atoms. The molecule has 0 aliphatic rings. The quantitative estimate of drug-likeness (QED) is 0.909. The van der Waals surface area contributed by atoms with Crippen molar-refractivity contribution in [2.24, 2.45) is 0 Å². The lowest BCUT2D eigenvalue weighted by atomic mass is 9.97. The van der Waals surface area contributed by atoms with Crippen LogP contribution in [0.1, 0.15) is 28.3 Å². The van der Waals surface area contributed by atoms with Crippen LogP contribution in [0.4, 0.5) is 4.39 Å². The minimum Gasteiger partial charge on any atom is -0.313 e. The molecule has 3 heteroatoms. The van der Waals surface area contributed by atoms with E-state index in [0.29, 0.717) is 0 Å². The van der Waals surface area contributed by atoms with Gasteiger partial charge in [0.05, 0.1) is 6.20 Å². The van der Waals surface area contributed by atoms with E-state index in [1.807, 2.05) is 7.05 Å². The van der Waals surface area contributed by atoms with Gasteiger partial charge in [-0.15, -0.1) is 0 Å². The van der Waals surface area contributed by atoms with Crippen LogP contribution in [0.2, 0.25) is 0 Å². The van der Waals surface area contributed by atoms with E-state index in [1.165, 1.54) is 29.0 Å². The number of halogens is 1. The van der Waals surface area contributed by atoms with E-state index in [1.54, 1.807) is 6.20 Å². The highest BCUT2D eigenvalue weighted by Gasteiger charge is 2.11. The van der Waals surface area contributed by atoms with E-state index in [-0.39, 0.29) is 11.9 Å². The Kier molecular flexibility index (Phi) is 4.27. The van der Waals surface area contributed by atoms with E-state index in [4.69, 9.17) is 0 Å². The summed E-state index contributed by atoms with van der Waals surface area (Å²) in [5.41, 5.74) is 4.63. The smallest absolute Gasteiger partial charge is 0.141 e. The zero-order valence-electron chi connectivity index (χ0n) is 11.6. The molecule has 2 aromatic rings. The third kappa shape index (κ3) is 3.61. The van der Waals surface area contributed by atoms with Crippen LogP contribution in [0.15, 0.2) is 36.7 Å². The summed E-state index contributed by atoms with van der Waals surface area (Å²) < 4.78 is 13.2. The van der Waals surface area contributed by atoms with Crippen molar-refractivity contribution in [2.45, 2.75) is 26.3 Å². The largest absolute Gasteiger partial charge is 0.313 e. The van der Waals surface area contributed by atoms with Crippen molar-refractivity contribution in [3.05, 3.63) is 64.7 Å².